The van der Waals surface area contributed by atoms with E-state index < -0.39 is 0 Å². The summed E-state index contributed by atoms with van der Waals surface area (Å²) in [6.07, 6.45) is 2.18. The van der Waals surface area contributed by atoms with Crippen molar-refractivity contribution >= 4 is 22.8 Å². The highest BCUT2D eigenvalue weighted by Crippen LogP contribution is 2.38. The Kier molecular flexibility index (Phi) is 5.17. The first-order chi connectivity index (χ1) is 14.7. The fourth-order valence-electron chi connectivity index (χ4n) is 4.08. The molecule has 2 aliphatic rings. The normalized spacial score (nSPS) is 16.8. The second kappa shape index (κ2) is 8.11. The van der Waals surface area contributed by atoms with Crippen LogP contribution in [0.25, 0.3) is 0 Å². The van der Waals surface area contributed by atoms with E-state index >= 15 is 0 Å². The molecule has 0 amide bonds. The van der Waals surface area contributed by atoms with Gasteiger partial charge in [0.1, 0.15) is 13.2 Å². The molecule has 3 aromatic rings. The minimum atomic E-state index is 0.170. The van der Waals surface area contributed by atoms with Gasteiger partial charge in [0.25, 0.3) is 0 Å². The van der Waals surface area contributed by atoms with Crippen molar-refractivity contribution in [3.8, 4) is 11.5 Å². The molecular formula is C24H24N2O3S. The molecule has 1 saturated heterocycles. The van der Waals surface area contributed by atoms with Crippen LogP contribution in [0.15, 0.2) is 54.2 Å². The van der Waals surface area contributed by atoms with E-state index in [2.05, 4.69) is 53.2 Å². The highest BCUT2D eigenvalue weighted by atomic mass is 32.1. The summed E-state index contributed by atoms with van der Waals surface area (Å²) in [5, 5.41) is 0. The first-order valence-electron chi connectivity index (χ1n) is 10.3. The van der Waals surface area contributed by atoms with Gasteiger partial charge in [-0.05, 0) is 29.2 Å². The van der Waals surface area contributed by atoms with Gasteiger partial charge in [-0.1, -0.05) is 31.2 Å². The van der Waals surface area contributed by atoms with Crippen molar-refractivity contribution < 1.29 is 14.3 Å². The lowest BCUT2D eigenvalue weighted by atomic mass is 9.88. The van der Waals surface area contributed by atoms with Crippen molar-refractivity contribution in [2.75, 3.05) is 31.2 Å². The summed E-state index contributed by atoms with van der Waals surface area (Å²) in [6.45, 7) is 5.34. The lowest BCUT2D eigenvalue weighted by molar-refractivity contribution is 0.0979. The van der Waals surface area contributed by atoms with Crippen molar-refractivity contribution in [2.45, 2.75) is 25.2 Å². The molecule has 154 valence electrons. The second-order valence-corrected chi connectivity index (χ2v) is 8.88. The number of rotatable bonds is 6. The van der Waals surface area contributed by atoms with Crippen molar-refractivity contribution in [3.63, 3.8) is 0 Å². The molecular weight excluding hydrogens is 396 g/mol. The number of ether oxygens (including phenoxy) is 2. The Hall–Kier alpha value is -2.86. The number of nitrogens with zero attached hydrogens (tertiary/aromatic N) is 2. The SMILES string of the molecule is C[C@H](CC(=O)c1cncs1)c1ccc(C2CN(c3ccc4c(c3)OCCO4)C2)cc1. The number of carbonyl (C=O) groups is 1. The second-order valence-electron chi connectivity index (χ2n) is 7.99. The van der Waals surface area contributed by atoms with Gasteiger partial charge < -0.3 is 14.4 Å². The van der Waals surface area contributed by atoms with Gasteiger partial charge in [0.2, 0.25) is 0 Å². The van der Waals surface area contributed by atoms with Crippen LogP contribution in [0.4, 0.5) is 5.69 Å². The van der Waals surface area contributed by atoms with E-state index in [4.69, 9.17) is 9.47 Å². The summed E-state index contributed by atoms with van der Waals surface area (Å²) >= 11 is 1.41. The summed E-state index contributed by atoms with van der Waals surface area (Å²) in [6, 6.07) is 15.0. The van der Waals surface area contributed by atoms with E-state index in [1.54, 1.807) is 11.7 Å². The number of thiazole rings is 1. The molecule has 2 aliphatic heterocycles. The fourth-order valence-corrected chi connectivity index (χ4v) is 4.65. The molecule has 6 heteroatoms. The largest absolute Gasteiger partial charge is 0.486 e. The molecule has 5 nitrogen and oxygen atoms in total. The summed E-state index contributed by atoms with van der Waals surface area (Å²) in [5.41, 5.74) is 5.45. The smallest absolute Gasteiger partial charge is 0.175 e. The van der Waals surface area contributed by atoms with E-state index in [-0.39, 0.29) is 11.7 Å². The Balaban J connectivity index is 1.18. The number of hydrogen-bond acceptors (Lipinski definition) is 6. The van der Waals surface area contributed by atoms with Crippen molar-refractivity contribution in [2.24, 2.45) is 0 Å². The predicted molar refractivity (Wildman–Crippen MR) is 118 cm³/mol. The minimum Gasteiger partial charge on any atom is -0.486 e. The molecule has 5 rings (SSSR count). The number of benzene rings is 2. The number of fused-ring (bicyclic) bond motifs is 1. The van der Waals surface area contributed by atoms with Gasteiger partial charge in [-0.2, -0.15) is 0 Å². The zero-order valence-corrected chi connectivity index (χ0v) is 17.7. The van der Waals surface area contributed by atoms with Crippen LogP contribution in [-0.4, -0.2) is 37.1 Å². The van der Waals surface area contributed by atoms with E-state index in [0.717, 1.165) is 29.5 Å². The van der Waals surface area contributed by atoms with E-state index in [9.17, 15) is 4.79 Å². The quantitative estimate of drug-likeness (QED) is 0.531. The number of Topliss-reactive ketones (excluding diaryl/α,β-unsaturated/α-hetero) is 1. The fraction of sp³-hybridized carbons (Fsp3) is 0.333. The Morgan fingerprint density at radius 1 is 1.13 bits per heavy atom. The number of anilines is 1. The first kappa shape index (κ1) is 19.1. The number of aromatic nitrogens is 1. The zero-order chi connectivity index (χ0) is 20.5. The molecule has 1 aromatic heterocycles. The molecule has 1 atom stereocenters. The Bertz CT molecular complexity index is 1030. The first-order valence-corrected chi connectivity index (χ1v) is 11.2. The van der Waals surface area contributed by atoms with E-state index in [1.807, 2.05) is 6.07 Å². The highest BCUT2D eigenvalue weighted by molar-refractivity contribution is 7.11. The van der Waals surface area contributed by atoms with Gasteiger partial charge in [0, 0.05) is 43.4 Å². The van der Waals surface area contributed by atoms with Crippen LogP contribution in [0.5, 0.6) is 11.5 Å². The summed E-state index contributed by atoms with van der Waals surface area (Å²) in [7, 11) is 0. The third-order valence-electron chi connectivity index (χ3n) is 5.95. The van der Waals surface area contributed by atoms with Gasteiger partial charge in [-0.3, -0.25) is 9.78 Å². The monoisotopic (exact) mass is 420 g/mol. The Morgan fingerprint density at radius 2 is 1.90 bits per heavy atom. The molecule has 3 heterocycles. The van der Waals surface area contributed by atoms with Crippen LogP contribution in [-0.2, 0) is 0 Å². The van der Waals surface area contributed by atoms with Crippen molar-refractivity contribution in [1.82, 2.24) is 4.98 Å². The lowest BCUT2D eigenvalue weighted by Gasteiger charge is -2.41. The lowest BCUT2D eigenvalue weighted by Crippen LogP contribution is -2.45. The van der Waals surface area contributed by atoms with Gasteiger partial charge in [0.05, 0.1) is 10.4 Å². The third-order valence-corrected chi connectivity index (χ3v) is 6.76. The van der Waals surface area contributed by atoms with Crippen LogP contribution in [0, 0.1) is 0 Å². The average molecular weight is 421 g/mol. The summed E-state index contributed by atoms with van der Waals surface area (Å²) < 4.78 is 11.3. The van der Waals surface area contributed by atoms with Crippen molar-refractivity contribution in [3.05, 3.63) is 70.2 Å². The maximum atomic E-state index is 12.3. The molecule has 0 radical (unpaired) electrons. The van der Waals surface area contributed by atoms with Gasteiger partial charge in [-0.25, -0.2) is 0 Å². The molecule has 0 saturated carbocycles. The van der Waals surface area contributed by atoms with Gasteiger partial charge in [0.15, 0.2) is 17.3 Å². The molecule has 2 aromatic carbocycles. The predicted octanol–water partition coefficient (Wildman–Crippen LogP) is 4.89. The number of ketones is 1. The van der Waals surface area contributed by atoms with E-state index in [0.29, 0.717) is 25.6 Å². The van der Waals surface area contributed by atoms with Crippen LogP contribution < -0.4 is 14.4 Å². The van der Waals surface area contributed by atoms with Crippen LogP contribution in [0.3, 0.4) is 0 Å². The number of carbonyl (C=O) groups excluding carboxylic acids is 1. The molecule has 0 unspecified atom stereocenters. The average Bonchev–Trinajstić information content (AvgIpc) is 3.28. The molecule has 30 heavy (non-hydrogen) atoms. The van der Waals surface area contributed by atoms with Gasteiger partial charge >= 0.3 is 0 Å². The Labute approximate surface area is 180 Å². The summed E-state index contributed by atoms with van der Waals surface area (Å²) in [5.74, 6) is 2.57. The maximum Gasteiger partial charge on any atom is 0.175 e. The van der Waals surface area contributed by atoms with Gasteiger partial charge in [-0.15, -0.1) is 11.3 Å². The topological polar surface area (TPSA) is 51.7 Å². The van der Waals surface area contributed by atoms with Crippen molar-refractivity contribution in [1.29, 1.82) is 0 Å². The third kappa shape index (κ3) is 3.79. The Morgan fingerprint density at radius 3 is 2.63 bits per heavy atom. The zero-order valence-electron chi connectivity index (χ0n) is 16.9. The molecule has 0 spiro atoms. The summed E-state index contributed by atoms with van der Waals surface area (Å²) in [4.78, 5) is 19.4. The minimum absolute atomic E-state index is 0.170. The maximum absolute atomic E-state index is 12.3. The van der Waals surface area contributed by atoms with E-state index in [1.165, 1.54) is 28.2 Å². The van der Waals surface area contributed by atoms with Crippen LogP contribution in [0.1, 0.15) is 46.0 Å². The molecule has 0 N–H and O–H groups in total. The highest BCUT2D eigenvalue weighted by Gasteiger charge is 2.29. The van der Waals surface area contributed by atoms with Crippen LogP contribution in [0.2, 0.25) is 0 Å². The standard InChI is InChI=1S/C24H24N2O3S/c1-16(10-21(27)24-12-25-15-30-24)17-2-4-18(5-3-17)19-13-26(14-19)20-6-7-22-23(11-20)29-9-8-28-22/h2-7,11-12,15-16,19H,8-10,13-14H2,1H3/t16-/m1/s1. The molecule has 0 aliphatic carbocycles. The molecule has 1 fully saturated rings. The number of hydrogen-bond donors (Lipinski definition) is 0. The molecule has 0 bridgehead atoms. The van der Waals surface area contributed by atoms with Crippen LogP contribution >= 0.6 is 11.3 Å².